The topological polar surface area (TPSA) is 29.1 Å². The van der Waals surface area contributed by atoms with Crippen LogP contribution < -0.4 is 5.32 Å². The summed E-state index contributed by atoms with van der Waals surface area (Å²) in [7, 11) is 0. The summed E-state index contributed by atoms with van der Waals surface area (Å²) in [6.45, 7) is 16.2. The van der Waals surface area contributed by atoms with Crippen molar-refractivity contribution in [2.24, 2.45) is 0 Å². The number of hydrogen-bond acceptors (Lipinski definition) is 1. The highest BCUT2D eigenvalue weighted by Gasteiger charge is 2.01. The molecule has 106 valence electrons. The van der Waals surface area contributed by atoms with Gasteiger partial charge in [-0.2, -0.15) is 0 Å². The second kappa shape index (κ2) is 8.52. The molecule has 0 aromatic heterocycles. The van der Waals surface area contributed by atoms with E-state index in [4.69, 9.17) is 0 Å². The predicted molar refractivity (Wildman–Crippen MR) is 83.5 cm³/mol. The minimum absolute atomic E-state index is 0.0376. The Morgan fingerprint density at radius 3 is 1.89 bits per heavy atom. The predicted octanol–water partition coefficient (Wildman–Crippen LogP) is 3.87. The largest absolute Gasteiger partial charge is 0.356 e. The molecule has 2 heteroatoms. The van der Waals surface area contributed by atoms with E-state index in [1.165, 1.54) is 27.8 Å². The van der Waals surface area contributed by atoms with Crippen molar-refractivity contribution in [2.45, 2.75) is 48.0 Å². The monoisotopic (exact) mass is 261 g/mol. The van der Waals surface area contributed by atoms with Crippen molar-refractivity contribution in [2.75, 3.05) is 6.54 Å². The van der Waals surface area contributed by atoms with Crippen molar-refractivity contribution in [3.8, 4) is 0 Å². The zero-order valence-electron chi connectivity index (χ0n) is 13.2. The van der Waals surface area contributed by atoms with Gasteiger partial charge in [0.05, 0.1) is 0 Å². The normalized spacial score (nSPS) is 9.37. The molecule has 19 heavy (non-hydrogen) atoms. The molecule has 0 atom stereocenters. The lowest BCUT2D eigenvalue weighted by Crippen LogP contribution is -2.22. The Labute approximate surface area is 117 Å². The lowest BCUT2D eigenvalue weighted by atomic mass is 9.99. The summed E-state index contributed by atoms with van der Waals surface area (Å²) in [6.07, 6.45) is 0.904. The molecule has 0 aliphatic heterocycles. The number of nitrogens with one attached hydrogen (secondary N) is 1. The zero-order chi connectivity index (χ0) is 15.0. The van der Waals surface area contributed by atoms with Crippen LogP contribution in [0.5, 0.6) is 0 Å². The van der Waals surface area contributed by atoms with Gasteiger partial charge in [0.25, 0.3) is 0 Å². The van der Waals surface area contributed by atoms with Crippen LogP contribution in [0.15, 0.2) is 24.3 Å². The first-order valence-corrected chi connectivity index (χ1v) is 6.67. The van der Waals surface area contributed by atoms with E-state index in [0.29, 0.717) is 0 Å². The molecule has 0 saturated carbocycles. The zero-order valence-corrected chi connectivity index (χ0v) is 13.2. The molecule has 0 fully saturated rings. The molecule has 0 saturated heterocycles. The van der Waals surface area contributed by atoms with Gasteiger partial charge in [-0.3, -0.25) is 4.79 Å². The summed E-state index contributed by atoms with van der Waals surface area (Å²) < 4.78 is 0. The molecule has 2 nitrogen and oxygen atoms in total. The number of rotatable bonds is 3. The van der Waals surface area contributed by atoms with E-state index in [0.717, 1.165) is 13.0 Å². The molecule has 0 aliphatic rings. The molecule has 0 spiro atoms. The molecule has 0 aliphatic carbocycles. The summed E-state index contributed by atoms with van der Waals surface area (Å²) in [5, 5.41) is 2.81. The standard InChI is InChI=1S/C13H19NO.C4H8/c1-9-7-13(5-6-14-12(4)15)8-10(2)11(9)3;1-4(2)3/h7-8H,5-6H2,1-4H3,(H,14,15);1H2,2-3H3. The average molecular weight is 261 g/mol. The number of amides is 1. The highest BCUT2D eigenvalue weighted by Crippen LogP contribution is 2.15. The molecular formula is C17H27NO. The van der Waals surface area contributed by atoms with E-state index in [1.54, 1.807) is 6.92 Å². The van der Waals surface area contributed by atoms with Crippen LogP contribution in [-0.2, 0) is 11.2 Å². The molecule has 1 rings (SSSR count). The maximum atomic E-state index is 10.7. The first-order valence-electron chi connectivity index (χ1n) is 6.67. The number of carbonyl (C=O) groups excluding carboxylic acids is 1. The van der Waals surface area contributed by atoms with Gasteiger partial charge in [-0.05, 0) is 63.3 Å². The highest BCUT2D eigenvalue weighted by molar-refractivity contribution is 5.72. The number of allylic oxidation sites excluding steroid dienone is 1. The van der Waals surface area contributed by atoms with Crippen LogP contribution in [0.4, 0.5) is 0 Å². The molecule has 0 heterocycles. The third-order valence-electron chi connectivity index (χ3n) is 2.77. The van der Waals surface area contributed by atoms with Crippen LogP contribution in [-0.4, -0.2) is 12.5 Å². The third kappa shape index (κ3) is 8.20. The molecule has 0 radical (unpaired) electrons. The fraction of sp³-hybridized carbons (Fsp3) is 0.471. The van der Waals surface area contributed by atoms with Gasteiger partial charge in [0.15, 0.2) is 0 Å². The Hall–Kier alpha value is -1.57. The van der Waals surface area contributed by atoms with E-state index in [1.807, 2.05) is 13.8 Å². The van der Waals surface area contributed by atoms with Crippen molar-refractivity contribution in [1.82, 2.24) is 5.32 Å². The van der Waals surface area contributed by atoms with Crippen LogP contribution >= 0.6 is 0 Å². The Bertz CT molecular complexity index is 420. The quantitative estimate of drug-likeness (QED) is 0.822. The summed E-state index contributed by atoms with van der Waals surface area (Å²) in [5.41, 5.74) is 6.48. The SMILES string of the molecule is C=C(C)C.CC(=O)NCCc1cc(C)c(C)c(C)c1. The average Bonchev–Trinajstić information content (AvgIpc) is 2.24. The lowest BCUT2D eigenvalue weighted by molar-refractivity contribution is -0.118. The number of aryl methyl sites for hydroxylation is 2. The van der Waals surface area contributed by atoms with Crippen molar-refractivity contribution in [1.29, 1.82) is 0 Å². The van der Waals surface area contributed by atoms with Crippen LogP contribution in [0, 0.1) is 20.8 Å². The molecule has 1 aromatic rings. The highest BCUT2D eigenvalue weighted by atomic mass is 16.1. The fourth-order valence-corrected chi connectivity index (χ4v) is 1.65. The van der Waals surface area contributed by atoms with Gasteiger partial charge in [0, 0.05) is 13.5 Å². The first kappa shape index (κ1) is 17.4. The third-order valence-corrected chi connectivity index (χ3v) is 2.77. The van der Waals surface area contributed by atoms with Gasteiger partial charge in [0.1, 0.15) is 0 Å². The second-order valence-electron chi connectivity index (χ2n) is 5.29. The molecule has 0 bridgehead atoms. The number of benzene rings is 1. The minimum atomic E-state index is 0.0376. The summed E-state index contributed by atoms with van der Waals surface area (Å²) in [4.78, 5) is 10.7. The van der Waals surface area contributed by atoms with Gasteiger partial charge >= 0.3 is 0 Å². The van der Waals surface area contributed by atoms with Crippen LogP contribution in [0.25, 0.3) is 0 Å². The first-order chi connectivity index (χ1) is 8.73. The van der Waals surface area contributed by atoms with Gasteiger partial charge in [-0.25, -0.2) is 0 Å². The van der Waals surface area contributed by atoms with Gasteiger partial charge in [-0.1, -0.05) is 17.7 Å². The summed E-state index contributed by atoms with van der Waals surface area (Å²) in [5.74, 6) is 0.0376. The molecule has 1 N–H and O–H groups in total. The molecule has 0 unspecified atom stereocenters. The lowest BCUT2D eigenvalue weighted by Gasteiger charge is -2.09. The number of carbonyl (C=O) groups is 1. The molecule has 1 amide bonds. The van der Waals surface area contributed by atoms with E-state index >= 15 is 0 Å². The van der Waals surface area contributed by atoms with E-state index in [9.17, 15) is 4.79 Å². The van der Waals surface area contributed by atoms with Gasteiger partial charge in [-0.15, -0.1) is 6.58 Å². The maximum Gasteiger partial charge on any atom is 0.216 e. The smallest absolute Gasteiger partial charge is 0.216 e. The number of hydrogen-bond donors (Lipinski definition) is 1. The Balaban J connectivity index is 0.000000711. The van der Waals surface area contributed by atoms with Crippen LogP contribution in [0.1, 0.15) is 43.0 Å². The molecular weight excluding hydrogens is 234 g/mol. The van der Waals surface area contributed by atoms with E-state index < -0.39 is 0 Å². The summed E-state index contributed by atoms with van der Waals surface area (Å²) >= 11 is 0. The Kier molecular flexibility index (Phi) is 7.81. The van der Waals surface area contributed by atoms with Crippen molar-refractivity contribution in [3.63, 3.8) is 0 Å². The van der Waals surface area contributed by atoms with Crippen molar-refractivity contribution < 1.29 is 4.79 Å². The van der Waals surface area contributed by atoms with Gasteiger partial charge < -0.3 is 5.32 Å². The van der Waals surface area contributed by atoms with Crippen molar-refractivity contribution in [3.05, 3.63) is 46.5 Å². The second-order valence-corrected chi connectivity index (χ2v) is 5.29. The molecule has 1 aromatic carbocycles. The fourth-order valence-electron chi connectivity index (χ4n) is 1.65. The summed E-state index contributed by atoms with van der Waals surface area (Å²) in [6, 6.07) is 4.40. The minimum Gasteiger partial charge on any atom is -0.356 e. The Morgan fingerprint density at radius 2 is 1.53 bits per heavy atom. The van der Waals surface area contributed by atoms with Gasteiger partial charge in [0.2, 0.25) is 5.91 Å². The maximum absolute atomic E-state index is 10.7. The van der Waals surface area contributed by atoms with Crippen LogP contribution in [0.3, 0.4) is 0 Å². The van der Waals surface area contributed by atoms with E-state index in [-0.39, 0.29) is 5.91 Å². The van der Waals surface area contributed by atoms with Crippen molar-refractivity contribution >= 4 is 5.91 Å². The Morgan fingerprint density at radius 1 is 1.11 bits per heavy atom. The van der Waals surface area contributed by atoms with Crippen LogP contribution in [0.2, 0.25) is 0 Å². The van der Waals surface area contributed by atoms with E-state index in [2.05, 4.69) is 44.8 Å².